The van der Waals surface area contributed by atoms with Gasteiger partial charge in [0.25, 0.3) is 5.91 Å². The second-order valence-electron chi connectivity index (χ2n) is 8.29. The van der Waals surface area contributed by atoms with Crippen LogP contribution in [0.2, 0.25) is 0 Å². The van der Waals surface area contributed by atoms with E-state index in [4.69, 9.17) is 9.72 Å². The first-order valence-electron chi connectivity index (χ1n) is 11.3. The Balaban J connectivity index is 1.43. The molecular weight excluding hydrogens is 430 g/mol. The van der Waals surface area contributed by atoms with Crippen LogP contribution in [0.4, 0.5) is 0 Å². The summed E-state index contributed by atoms with van der Waals surface area (Å²) >= 11 is 1.63. The van der Waals surface area contributed by atoms with Crippen molar-refractivity contribution in [3.8, 4) is 16.3 Å². The lowest BCUT2D eigenvalue weighted by Crippen LogP contribution is -2.36. The van der Waals surface area contributed by atoms with Crippen LogP contribution in [0.15, 0.2) is 72.1 Å². The van der Waals surface area contributed by atoms with Gasteiger partial charge in [-0.2, -0.15) is 0 Å². The second kappa shape index (κ2) is 9.73. The van der Waals surface area contributed by atoms with E-state index in [1.165, 1.54) is 18.4 Å². The monoisotopic (exact) mass is 457 g/mol. The van der Waals surface area contributed by atoms with Gasteiger partial charge in [-0.1, -0.05) is 36.4 Å². The molecule has 0 aliphatic carbocycles. The molecule has 0 radical (unpaired) electrons. The molecule has 168 valence electrons. The number of pyridine rings is 1. The van der Waals surface area contributed by atoms with Gasteiger partial charge in [0.05, 0.1) is 34.8 Å². The molecule has 1 aliphatic rings. The molecule has 1 saturated heterocycles. The molecule has 1 amide bonds. The summed E-state index contributed by atoms with van der Waals surface area (Å²) in [4.78, 5) is 21.8. The van der Waals surface area contributed by atoms with Crippen LogP contribution in [0.1, 0.15) is 34.8 Å². The Morgan fingerprint density at radius 3 is 2.61 bits per heavy atom. The number of nitrogens with one attached hydrogen (secondary N) is 1. The Morgan fingerprint density at radius 1 is 1.09 bits per heavy atom. The fourth-order valence-electron chi connectivity index (χ4n) is 4.54. The molecule has 1 fully saturated rings. The number of benzene rings is 2. The lowest BCUT2D eigenvalue weighted by Gasteiger charge is -2.28. The highest BCUT2D eigenvalue weighted by molar-refractivity contribution is 7.13. The van der Waals surface area contributed by atoms with Gasteiger partial charge in [-0.25, -0.2) is 4.98 Å². The van der Waals surface area contributed by atoms with Crippen molar-refractivity contribution in [3.63, 3.8) is 0 Å². The third kappa shape index (κ3) is 4.63. The average molecular weight is 458 g/mol. The molecule has 5 nitrogen and oxygen atoms in total. The number of carbonyl (C=O) groups is 1. The highest BCUT2D eigenvalue weighted by atomic mass is 32.1. The smallest absolute Gasteiger partial charge is 0.252 e. The summed E-state index contributed by atoms with van der Waals surface area (Å²) in [5.74, 6) is 0.774. The predicted octanol–water partition coefficient (Wildman–Crippen LogP) is 5.54. The van der Waals surface area contributed by atoms with Crippen molar-refractivity contribution < 1.29 is 9.53 Å². The van der Waals surface area contributed by atoms with Crippen molar-refractivity contribution in [3.05, 3.63) is 83.2 Å². The first-order valence-corrected chi connectivity index (χ1v) is 12.2. The molecule has 2 aromatic heterocycles. The van der Waals surface area contributed by atoms with E-state index in [1.807, 2.05) is 60.0 Å². The molecule has 1 unspecified atom stereocenters. The summed E-state index contributed by atoms with van der Waals surface area (Å²) in [5.41, 5.74) is 3.52. The van der Waals surface area contributed by atoms with Gasteiger partial charge in [0, 0.05) is 11.9 Å². The molecule has 5 rings (SSSR count). The fraction of sp³-hybridized carbons (Fsp3) is 0.259. The predicted molar refractivity (Wildman–Crippen MR) is 134 cm³/mol. The maximum absolute atomic E-state index is 13.5. The van der Waals surface area contributed by atoms with Crippen LogP contribution in [0.3, 0.4) is 0 Å². The van der Waals surface area contributed by atoms with Crippen molar-refractivity contribution >= 4 is 28.1 Å². The van der Waals surface area contributed by atoms with Crippen LogP contribution in [0.25, 0.3) is 21.5 Å². The molecule has 0 saturated carbocycles. The van der Waals surface area contributed by atoms with Crippen molar-refractivity contribution in [1.82, 2.24) is 15.2 Å². The van der Waals surface area contributed by atoms with Gasteiger partial charge >= 0.3 is 0 Å². The highest BCUT2D eigenvalue weighted by Crippen LogP contribution is 2.29. The lowest BCUT2D eigenvalue weighted by atomic mass is 10.0. The van der Waals surface area contributed by atoms with Crippen LogP contribution < -0.4 is 10.1 Å². The van der Waals surface area contributed by atoms with E-state index in [2.05, 4.69) is 22.3 Å². The van der Waals surface area contributed by atoms with Crippen molar-refractivity contribution in [2.45, 2.75) is 18.9 Å². The molecule has 0 spiro atoms. The van der Waals surface area contributed by atoms with Crippen molar-refractivity contribution in [2.75, 3.05) is 26.7 Å². The van der Waals surface area contributed by atoms with Crippen LogP contribution in [0, 0.1) is 0 Å². The van der Waals surface area contributed by atoms with E-state index in [0.717, 1.165) is 40.3 Å². The maximum atomic E-state index is 13.5. The number of fused-ring (bicyclic) bond motifs is 1. The third-order valence-corrected chi connectivity index (χ3v) is 7.16. The van der Waals surface area contributed by atoms with Crippen LogP contribution in [-0.2, 0) is 0 Å². The maximum Gasteiger partial charge on any atom is 0.252 e. The zero-order chi connectivity index (χ0) is 22.6. The summed E-state index contributed by atoms with van der Waals surface area (Å²) in [6, 6.07) is 22.1. The molecule has 6 heteroatoms. The number of hydrogen-bond donors (Lipinski definition) is 1. The molecule has 3 heterocycles. The quantitative estimate of drug-likeness (QED) is 0.396. The SMILES string of the molecule is COc1ccc(C(CNC(=O)c2cc(-c3cccs3)nc3ccccc23)N2CCCC2)cc1. The minimum Gasteiger partial charge on any atom is -0.497 e. The number of amides is 1. The topological polar surface area (TPSA) is 54.5 Å². The number of ether oxygens (including phenoxy) is 1. The standard InChI is InChI=1S/C27H27N3O2S/c1-32-20-12-10-19(11-13-20)25(30-14-4-5-15-30)18-28-27(31)22-17-24(26-9-6-16-33-26)29-23-8-3-2-7-21(22)23/h2-3,6-13,16-17,25H,4-5,14-15,18H2,1H3,(H,28,31). The molecule has 0 bridgehead atoms. The molecule has 4 aromatic rings. The van der Waals surface area contributed by atoms with Gasteiger partial charge in [-0.05, 0) is 67.2 Å². The molecular formula is C27H27N3O2S. The van der Waals surface area contributed by atoms with E-state index in [1.54, 1.807) is 18.4 Å². The molecule has 33 heavy (non-hydrogen) atoms. The van der Waals surface area contributed by atoms with E-state index >= 15 is 0 Å². The summed E-state index contributed by atoms with van der Waals surface area (Å²) in [5, 5.41) is 6.13. The highest BCUT2D eigenvalue weighted by Gasteiger charge is 2.25. The Bertz CT molecular complexity index is 1230. The summed E-state index contributed by atoms with van der Waals surface area (Å²) in [7, 11) is 1.68. The van der Waals surface area contributed by atoms with Crippen molar-refractivity contribution in [2.24, 2.45) is 0 Å². The average Bonchev–Trinajstić information content (AvgIpc) is 3.59. The fourth-order valence-corrected chi connectivity index (χ4v) is 5.22. The second-order valence-corrected chi connectivity index (χ2v) is 9.24. The van der Waals surface area contributed by atoms with Crippen LogP contribution in [0.5, 0.6) is 5.75 Å². The van der Waals surface area contributed by atoms with E-state index in [-0.39, 0.29) is 11.9 Å². The first kappa shape index (κ1) is 21.6. The largest absolute Gasteiger partial charge is 0.497 e. The summed E-state index contributed by atoms with van der Waals surface area (Å²) in [6.07, 6.45) is 2.39. The number of nitrogens with zero attached hydrogens (tertiary/aromatic N) is 2. The molecule has 1 aliphatic heterocycles. The number of likely N-dealkylation sites (tertiary alicyclic amines) is 1. The van der Waals surface area contributed by atoms with Crippen LogP contribution in [-0.4, -0.2) is 42.5 Å². The number of carbonyl (C=O) groups excluding carboxylic acids is 1. The third-order valence-electron chi connectivity index (χ3n) is 6.27. The molecule has 1 atom stereocenters. The van der Waals surface area contributed by atoms with Gasteiger partial charge in [-0.3, -0.25) is 9.69 Å². The minimum absolute atomic E-state index is 0.0656. The Labute approximate surface area is 198 Å². The first-order chi connectivity index (χ1) is 16.2. The number of methoxy groups -OCH3 is 1. The zero-order valence-electron chi connectivity index (χ0n) is 18.7. The Kier molecular flexibility index (Phi) is 6.37. The normalized spacial score (nSPS) is 14.9. The van der Waals surface area contributed by atoms with Gasteiger partial charge < -0.3 is 10.1 Å². The van der Waals surface area contributed by atoms with E-state index < -0.39 is 0 Å². The number of rotatable bonds is 7. The molecule has 2 aromatic carbocycles. The summed E-state index contributed by atoms with van der Waals surface area (Å²) < 4.78 is 5.32. The number of hydrogen-bond acceptors (Lipinski definition) is 5. The van der Waals surface area contributed by atoms with Gasteiger partial charge in [0.2, 0.25) is 0 Å². The van der Waals surface area contributed by atoms with E-state index in [9.17, 15) is 4.79 Å². The lowest BCUT2D eigenvalue weighted by molar-refractivity contribution is 0.0939. The van der Waals surface area contributed by atoms with Gasteiger partial charge in [0.15, 0.2) is 0 Å². The Morgan fingerprint density at radius 2 is 1.88 bits per heavy atom. The zero-order valence-corrected chi connectivity index (χ0v) is 19.5. The minimum atomic E-state index is -0.0656. The van der Waals surface area contributed by atoms with Gasteiger partial charge in [-0.15, -0.1) is 11.3 Å². The van der Waals surface area contributed by atoms with Crippen LogP contribution >= 0.6 is 11.3 Å². The number of para-hydroxylation sites is 1. The van der Waals surface area contributed by atoms with Gasteiger partial charge in [0.1, 0.15) is 5.75 Å². The Hall–Kier alpha value is -3.22. The summed E-state index contributed by atoms with van der Waals surface area (Å²) in [6.45, 7) is 2.65. The molecule has 1 N–H and O–H groups in total. The van der Waals surface area contributed by atoms with E-state index in [0.29, 0.717) is 12.1 Å². The number of aromatic nitrogens is 1. The van der Waals surface area contributed by atoms with Crippen molar-refractivity contribution in [1.29, 1.82) is 0 Å². The number of thiophene rings is 1.